The van der Waals surface area contributed by atoms with Crippen LogP contribution in [-0.4, -0.2) is 35.9 Å². The summed E-state index contributed by atoms with van der Waals surface area (Å²) in [6, 6.07) is 21.8. The molecule has 0 aliphatic rings. The highest BCUT2D eigenvalue weighted by Crippen LogP contribution is 2.28. The number of hydrogen-bond acceptors (Lipinski definition) is 3. The van der Waals surface area contributed by atoms with Gasteiger partial charge in [0, 0.05) is 29.0 Å². The number of likely N-dealkylation sites (N-methyl/N-ethyl adjacent to an activating group) is 1. The number of halogens is 3. The second kappa shape index (κ2) is 12.9. The highest BCUT2D eigenvalue weighted by Gasteiger charge is 2.30. The van der Waals surface area contributed by atoms with Gasteiger partial charge in [0.15, 0.2) is 6.61 Å². The van der Waals surface area contributed by atoms with Gasteiger partial charge in [-0.25, -0.2) is 0 Å². The van der Waals surface area contributed by atoms with E-state index in [0.29, 0.717) is 28.2 Å². The summed E-state index contributed by atoms with van der Waals surface area (Å²) in [6.07, 6.45) is 0.388. The third-order valence-electron chi connectivity index (χ3n) is 5.13. The van der Waals surface area contributed by atoms with E-state index in [4.69, 9.17) is 16.3 Å². The Morgan fingerprint density at radius 1 is 1.00 bits per heavy atom. The molecular formula is C26H25Br2ClN2O3. The van der Waals surface area contributed by atoms with E-state index in [2.05, 4.69) is 37.2 Å². The second-order valence-electron chi connectivity index (χ2n) is 7.61. The molecule has 3 aromatic carbocycles. The number of rotatable bonds is 10. The van der Waals surface area contributed by atoms with E-state index in [1.165, 1.54) is 0 Å². The first kappa shape index (κ1) is 26.3. The van der Waals surface area contributed by atoms with Crippen LogP contribution in [0.4, 0.5) is 0 Å². The van der Waals surface area contributed by atoms with Crippen molar-refractivity contribution in [1.29, 1.82) is 0 Å². The van der Waals surface area contributed by atoms with E-state index in [1.54, 1.807) is 23.1 Å². The summed E-state index contributed by atoms with van der Waals surface area (Å²) in [4.78, 5) is 28.2. The lowest BCUT2D eigenvalue weighted by molar-refractivity contribution is -0.142. The smallest absolute Gasteiger partial charge is 0.261 e. The first-order valence-electron chi connectivity index (χ1n) is 10.8. The zero-order valence-corrected chi connectivity index (χ0v) is 22.6. The van der Waals surface area contributed by atoms with Crippen LogP contribution in [0.25, 0.3) is 0 Å². The molecule has 3 aromatic rings. The van der Waals surface area contributed by atoms with Gasteiger partial charge >= 0.3 is 0 Å². The molecule has 0 aliphatic heterocycles. The molecular weight excluding hydrogens is 584 g/mol. The minimum atomic E-state index is -0.698. The molecule has 0 heterocycles. The van der Waals surface area contributed by atoms with Gasteiger partial charge in [-0.05, 0) is 64.3 Å². The average Bonchev–Trinajstić information content (AvgIpc) is 2.82. The van der Waals surface area contributed by atoms with Gasteiger partial charge < -0.3 is 15.0 Å². The van der Waals surface area contributed by atoms with Crippen LogP contribution in [0.3, 0.4) is 0 Å². The largest absolute Gasteiger partial charge is 0.483 e. The number of ether oxygens (including phenoxy) is 1. The summed E-state index contributed by atoms with van der Waals surface area (Å²) in [7, 11) is 0. The summed E-state index contributed by atoms with van der Waals surface area (Å²) in [5, 5.41) is 3.44. The van der Waals surface area contributed by atoms with Crippen molar-refractivity contribution < 1.29 is 14.3 Å². The molecule has 34 heavy (non-hydrogen) atoms. The molecule has 0 saturated heterocycles. The summed E-state index contributed by atoms with van der Waals surface area (Å²) in [6.45, 7) is 2.38. The van der Waals surface area contributed by atoms with Crippen LogP contribution in [0.2, 0.25) is 5.02 Å². The van der Waals surface area contributed by atoms with Crippen LogP contribution >= 0.6 is 43.5 Å². The van der Waals surface area contributed by atoms with Crippen molar-refractivity contribution in [3.63, 3.8) is 0 Å². The maximum absolute atomic E-state index is 13.5. The fourth-order valence-electron chi connectivity index (χ4n) is 3.45. The molecule has 0 aliphatic carbocycles. The highest BCUT2D eigenvalue weighted by molar-refractivity contribution is 9.10. The van der Waals surface area contributed by atoms with Crippen molar-refractivity contribution >= 4 is 55.3 Å². The van der Waals surface area contributed by atoms with Crippen molar-refractivity contribution in [2.24, 2.45) is 0 Å². The second-order valence-corrected chi connectivity index (χ2v) is 9.82. The number of hydrogen-bond donors (Lipinski definition) is 1. The lowest BCUT2D eigenvalue weighted by Gasteiger charge is -2.31. The number of nitrogens with one attached hydrogen (secondary N) is 1. The minimum Gasteiger partial charge on any atom is -0.483 e. The van der Waals surface area contributed by atoms with Gasteiger partial charge in [0.2, 0.25) is 5.91 Å². The first-order valence-corrected chi connectivity index (χ1v) is 12.8. The Labute approximate surface area is 221 Å². The Kier molecular flexibility index (Phi) is 9.99. The number of carbonyl (C=O) groups excluding carboxylic acids is 2. The van der Waals surface area contributed by atoms with Gasteiger partial charge in [-0.15, -0.1) is 0 Å². The fourth-order valence-corrected chi connectivity index (χ4v) is 4.51. The van der Waals surface area contributed by atoms with Gasteiger partial charge in [-0.2, -0.15) is 0 Å². The molecule has 3 rings (SSSR count). The molecule has 8 heteroatoms. The Morgan fingerprint density at radius 3 is 2.35 bits per heavy atom. The zero-order valence-electron chi connectivity index (χ0n) is 18.6. The maximum Gasteiger partial charge on any atom is 0.261 e. The summed E-state index contributed by atoms with van der Waals surface area (Å²) in [5.74, 6) is 0.000372. The van der Waals surface area contributed by atoms with Gasteiger partial charge in [-0.3, -0.25) is 9.59 Å². The zero-order chi connectivity index (χ0) is 24.5. The molecule has 1 atom stereocenters. The summed E-state index contributed by atoms with van der Waals surface area (Å²) in [5.41, 5.74) is 1.88. The number of benzene rings is 3. The molecule has 2 amide bonds. The third kappa shape index (κ3) is 7.58. The maximum atomic E-state index is 13.5. The average molecular weight is 609 g/mol. The lowest BCUT2D eigenvalue weighted by atomic mass is 10.0. The third-order valence-corrected chi connectivity index (χ3v) is 6.52. The Hall–Kier alpha value is -2.35. The summed E-state index contributed by atoms with van der Waals surface area (Å²) >= 11 is 12.9. The van der Waals surface area contributed by atoms with Crippen molar-refractivity contribution in [1.82, 2.24) is 10.2 Å². The van der Waals surface area contributed by atoms with Crippen LogP contribution in [-0.2, 0) is 22.6 Å². The molecule has 0 aromatic heterocycles. The van der Waals surface area contributed by atoms with Crippen LogP contribution in [0.15, 0.2) is 81.7 Å². The van der Waals surface area contributed by atoms with E-state index < -0.39 is 6.04 Å². The molecule has 5 nitrogen and oxygen atoms in total. The topological polar surface area (TPSA) is 58.6 Å². The normalized spacial score (nSPS) is 11.5. The van der Waals surface area contributed by atoms with E-state index in [0.717, 1.165) is 15.6 Å². The molecule has 0 unspecified atom stereocenters. The lowest BCUT2D eigenvalue weighted by Crippen LogP contribution is -2.51. The highest BCUT2D eigenvalue weighted by atomic mass is 79.9. The molecule has 0 bridgehead atoms. The minimum absolute atomic E-state index is 0.204. The number of nitrogens with zero attached hydrogens (tertiary/aromatic N) is 1. The number of carbonyl (C=O) groups is 2. The van der Waals surface area contributed by atoms with Crippen molar-refractivity contribution in [2.75, 3.05) is 13.2 Å². The van der Waals surface area contributed by atoms with Gasteiger partial charge in [0.1, 0.15) is 11.8 Å². The molecule has 0 saturated carbocycles. The Morgan fingerprint density at radius 2 is 1.71 bits per heavy atom. The molecule has 178 valence electrons. The number of amides is 2. The van der Waals surface area contributed by atoms with Gasteiger partial charge in [-0.1, -0.05) is 70.0 Å². The SMILES string of the molecule is CCNC(=O)[C@H](Cc1ccccc1)N(Cc1ccc(Br)cc1)C(=O)COc1ccc(Cl)cc1Br. The van der Waals surface area contributed by atoms with Crippen molar-refractivity contribution in [2.45, 2.75) is 25.9 Å². The van der Waals surface area contributed by atoms with E-state index in [9.17, 15) is 9.59 Å². The first-order chi connectivity index (χ1) is 16.4. The predicted octanol–water partition coefficient (Wildman–Crippen LogP) is 6.02. The van der Waals surface area contributed by atoms with Crippen LogP contribution in [0.5, 0.6) is 5.75 Å². The molecule has 1 N–H and O–H groups in total. The van der Waals surface area contributed by atoms with Crippen LogP contribution in [0, 0.1) is 0 Å². The fraction of sp³-hybridized carbons (Fsp3) is 0.231. The van der Waals surface area contributed by atoms with Crippen molar-refractivity contribution in [3.05, 3.63) is 97.9 Å². The quantitative estimate of drug-likeness (QED) is 0.306. The van der Waals surface area contributed by atoms with E-state index >= 15 is 0 Å². The standard InChI is InChI=1S/C26H25Br2ClN2O3/c1-2-30-26(33)23(14-18-6-4-3-5-7-18)31(16-19-8-10-20(27)11-9-19)25(32)17-34-24-13-12-21(29)15-22(24)28/h3-13,15,23H,2,14,16-17H2,1H3,(H,30,33)/t23-/m0/s1. The summed E-state index contributed by atoms with van der Waals surface area (Å²) < 4.78 is 7.38. The predicted molar refractivity (Wildman–Crippen MR) is 142 cm³/mol. The van der Waals surface area contributed by atoms with Gasteiger partial charge in [0.25, 0.3) is 5.91 Å². The van der Waals surface area contributed by atoms with Crippen LogP contribution in [0.1, 0.15) is 18.1 Å². The van der Waals surface area contributed by atoms with E-state index in [1.807, 2.05) is 61.5 Å². The monoisotopic (exact) mass is 606 g/mol. The van der Waals surface area contributed by atoms with Gasteiger partial charge in [0.05, 0.1) is 4.47 Å². The Bertz CT molecular complexity index is 1110. The van der Waals surface area contributed by atoms with E-state index in [-0.39, 0.29) is 25.0 Å². The van der Waals surface area contributed by atoms with Crippen LogP contribution < -0.4 is 10.1 Å². The molecule has 0 spiro atoms. The molecule has 0 radical (unpaired) electrons. The molecule has 0 fully saturated rings. The van der Waals surface area contributed by atoms with Crippen molar-refractivity contribution in [3.8, 4) is 5.75 Å². The Balaban J connectivity index is 1.89.